The Morgan fingerprint density at radius 1 is 0.882 bits per heavy atom. The molecule has 0 aromatic heterocycles. The first-order chi connectivity index (χ1) is 16.3. The maximum absolute atomic E-state index is 12.6. The van der Waals surface area contributed by atoms with E-state index in [-0.39, 0.29) is 23.9 Å². The minimum absolute atomic E-state index is 0.0622. The van der Waals surface area contributed by atoms with E-state index in [9.17, 15) is 9.59 Å². The second-order valence-electron chi connectivity index (χ2n) is 9.12. The standard InChI is InChI=1S/C28H33N3O3/c1-28(2,3)31-27(33)22-14-9-15-23(19-22)29-20-26(32)30-24-16-7-8-17-25(24)34-18-10-13-21-11-5-4-6-12-21/h4-9,11-12,14-17,19,29H,10,13,18,20H2,1-3H3,(H,30,32)(H,31,33). The summed E-state index contributed by atoms with van der Waals surface area (Å²) < 4.78 is 5.92. The smallest absolute Gasteiger partial charge is 0.251 e. The Morgan fingerprint density at radius 3 is 2.38 bits per heavy atom. The van der Waals surface area contributed by atoms with Gasteiger partial charge in [0.25, 0.3) is 5.91 Å². The van der Waals surface area contributed by atoms with Crippen molar-refractivity contribution in [3.8, 4) is 5.75 Å². The zero-order valence-electron chi connectivity index (χ0n) is 20.1. The molecule has 2 amide bonds. The molecule has 0 atom stereocenters. The van der Waals surface area contributed by atoms with E-state index in [2.05, 4.69) is 28.1 Å². The normalized spacial score (nSPS) is 10.9. The second kappa shape index (κ2) is 11.9. The van der Waals surface area contributed by atoms with E-state index < -0.39 is 0 Å². The van der Waals surface area contributed by atoms with Crippen molar-refractivity contribution in [2.75, 3.05) is 23.8 Å². The Morgan fingerprint density at radius 2 is 1.62 bits per heavy atom. The van der Waals surface area contributed by atoms with Gasteiger partial charge in [0.15, 0.2) is 0 Å². The summed E-state index contributed by atoms with van der Waals surface area (Å²) in [6, 6.07) is 24.8. The van der Waals surface area contributed by atoms with Crippen LogP contribution in [0.5, 0.6) is 5.75 Å². The second-order valence-corrected chi connectivity index (χ2v) is 9.12. The number of carbonyl (C=O) groups excluding carboxylic acids is 2. The van der Waals surface area contributed by atoms with Gasteiger partial charge in [-0.25, -0.2) is 0 Å². The van der Waals surface area contributed by atoms with Crippen LogP contribution in [0.2, 0.25) is 0 Å². The fourth-order valence-corrected chi connectivity index (χ4v) is 3.36. The highest BCUT2D eigenvalue weighted by Crippen LogP contribution is 2.24. The number of nitrogens with one attached hydrogen (secondary N) is 3. The average Bonchev–Trinajstić information content (AvgIpc) is 2.81. The van der Waals surface area contributed by atoms with Crippen LogP contribution < -0.4 is 20.7 Å². The minimum atomic E-state index is -0.322. The van der Waals surface area contributed by atoms with E-state index in [1.54, 1.807) is 18.2 Å². The van der Waals surface area contributed by atoms with Crippen molar-refractivity contribution in [3.05, 3.63) is 90.0 Å². The first-order valence-electron chi connectivity index (χ1n) is 11.5. The van der Waals surface area contributed by atoms with Crippen molar-refractivity contribution < 1.29 is 14.3 Å². The maximum Gasteiger partial charge on any atom is 0.251 e. The predicted octanol–water partition coefficient (Wildman–Crippen LogP) is 5.28. The number of anilines is 2. The molecule has 3 aromatic carbocycles. The van der Waals surface area contributed by atoms with Crippen molar-refractivity contribution in [2.45, 2.75) is 39.2 Å². The van der Waals surface area contributed by atoms with Crippen LogP contribution in [-0.4, -0.2) is 30.5 Å². The lowest BCUT2D eigenvalue weighted by Crippen LogP contribution is -2.40. The van der Waals surface area contributed by atoms with Crippen molar-refractivity contribution in [1.29, 1.82) is 0 Å². The van der Waals surface area contributed by atoms with Gasteiger partial charge in [0.1, 0.15) is 5.75 Å². The molecular weight excluding hydrogens is 426 g/mol. The highest BCUT2D eigenvalue weighted by atomic mass is 16.5. The Bertz CT molecular complexity index is 1090. The number of amides is 2. The summed E-state index contributed by atoms with van der Waals surface area (Å²) >= 11 is 0. The Balaban J connectivity index is 1.50. The number of hydrogen-bond acceptors (Lipinski definition) is 4. The van der Waals surface area contributed by atoms with E-state index >= 15 is 0 Å². The molecular formula is C28H33N3O3. The summed E-state index contributed by atoms with van der Waals surface area (Å²) in [5, 5.41) is 8.92. The highest BCUT2D eigenvalue weighted by Gasteiger charge is 2.15. The minimum Gasteiger partial charge on any atom is -0.491 e. The van der Waals surface area contributed by atoms with Gasteiger partial charge in [-0.1, -0.05) is 48.5 Å². The third kappa shape index (κ3) is 8.28. The lowest BCUT2D eigenvalue weighted by Gasteiger charge is -2.20. The van der Waals surface area contributed by atoms with E-state index in [4.69, 9.17) is 4.74 Å². The zero-order chi connectivity index (χ0) is 24.4. The summed E-state index contributed by atoms with van der Waals surface area (Å²) in [7, 11) is 0. The van der Waals surface area contributed by atoms with Crippen LogP contribution in [0.4, 0.5) is 11.4 Å². The van der Waals surface area contributed by atoms with Crippen LogP contribution in [-0.2, 0) is 11.2 Å². The molecule has 0 radical (unpaired) electrons. The molecule has 0 unspecified atom stereocenters. The molecule has 3 rings (SSSR count). The molecule has 0 saturated carbocycles. The van der Waals surface area contributed by atoms with Crippen molar-refractivity contribution in [3.63, 3.8) is 0 Å². The van der Waals surface area contributed by atoms with Crippen LogP contribution in [0, 0.1) is 0 Å². The van der Waals surface area contributed by atoms with E-state index in [0.717, 1.165) is 12.8 Å². The zero-order valence-corrected chi connectivity index (χ0v) is 20.1. The van der Waals surface area contributed by atoms with Gasteiger partial charge in [-0.15, -0.1) is 0 Å². The summed E-state index contributed by atoms with van der Waals surface area (Å²) in [6.07, 6.45) is 1.82. The molecule has 0 aliphatic rings. The summed E-state index contributed by atoms with van der Waals surface area (Å²) in [5.41, 5.74) is 2.82. The van der Waals surface area contributed by atoms with Gasteiger partial charge in [-0.2, -0.15) is 0 Å². The molecule has 0 aliphatic heterocycles. The Kier molecular flexibility index (Phi) is 8.68. The molecule has 34 heavy (non-hydrogen) atoms. The van der Waals surface area contributed by atoms with Crippen LogP contribution in [0.25, 0.3) is 0 Å². The van der Waals surface area contributed by atoms with Gasteiger partial charge < -0.3 is 20.7 Å². The topological polar surface area (TPSA) is 79.5 Å². The molecule has 0 aliphatic carbocycles. The number of hydrogen-bond donors (Lipinski definition) is 3. The first-order valence-corrected chi connectivity index (χ1v) is 11.5. The summed E-state index contributed by atoms with van der Waals surface area (Å²) in [5.74, 6) is 0.286. The van der Waals surface area contributed by atoms with Gasteiger partial charge in [0, 0.05) is 16.8 Å². The summed E-state index contributed by atoms with van der Waals surface area (Å²) in [6.45, 7) is 6.42. The van der Waals surface area contributed by atoms with Crippen LogP contribution in [0.15, 0.2) is 78.9 Å². The molecule has 0 spiro atoms. The summed E-state index contributed by atoms with van der Waals surface area (Å²) in [4.78, 5) is 24.9. The third-order valence-electron chi connectivity index (χ3n) is 4.94. The molecule has 0 bridgehead atoms. The molecule has 0 heterocycles. The number of carbonyl (C=O) groups is 2. The van der Waals surface area contributed by atoms with E-state index in [0.29, 0.717) is 29.3 Å². The Hall–Kier alpha value is -3.80. The van der Waals surface area contributed by atoms with E-state index in [1.165, 1.54) is 5.56 Å². The fourth-order valence-electron chi connectivity index (χ4n) is 3.36. The lowest BCUT2D eigenvalue weighted by atomic mass is 10.1. The lowest BCUT2D eigenvalue weighted by molar-refractivity contribution is -0.114. The van der Waals surface area contributed by atoms with Gasteiger partial charge in [0.05, 0.1) is 18.8 Å². The van der Waals surface area contributed by atoms with Gasteiger partial charge in [-0.05, 0) is 69.5 Å². The van der Waals surface area contributed by atoms with Gasteiger partial charge in [-0.3, -0.25) is 9.59 Å². The monoisotopic (exact) mass is 459 g/mol. The molecule has 6 nitrogen and oxygen atoms in total. The first kappa shape index (κ1) is 24.8. The SMILES string of the molecule is CC(C)(C)NC(=O)c1cccc(NCC(=O)Nc2ccccc2OCCCc2ccccc2)c1. The number of benzene rings is 3. The number of ether oxygens (including phenoxy) is 1. The largest absolute Gasteiger partial charge is 0.491 e. The maximum atomic E-state index is 12.6. The molecule has 6 heteroatoms. The van der Waals surface area contributed by atoms with Gasteiger partial charge >= 0.3 is 0 Å². The predicted molar refractivity (Wildman–Crippen MR) is 137 cm³/mol. The van der Waals surface area contributed by atoms with Crippen molar-refractivity contribution >= 4 is 23.2 Å². The molecule has 0 fully saturated rings. The quantitative estimate of drug-likeness (QED) is 0.361. The van der Waals surface area contributed by atoms with Crippen molar-refractivity contribution in [1.82, 2.24) is 5.32 Å². The number of para-hydroxylation sites is 2. The molecule has 3 N–H and O–H groups in total. The van der Waals surface area contributed by atoms with Crippen molar-refractivity contribution in [2.24, 2.45) is 0 Å². The van der Waals surface area contributed by atoms with Crippen LogP contribution in [0.1, 0.15) is 43.1 Å². The number of aryl methyl sites for hydroxylation is 1. The van der Waals surface area contributed by atoms with Crippen LogP contribution >= 0.6 is 0 Å². The fraction of sp³-hybridized carbons (Fsp3) is 0.286. The highest BCUT2D eigenvalue weighted by molar-refractivity contribution is 5.97. The molecule has 0 saturated heterocycles. The molecule has 178 valence electrons. The number of rotatable bonds is 10. The third-order valence-corrected chi connectivity index (χ3v) is 4.94. The molecule has 3 aromatic rings. The van der Waals surface area contributed by atoms with E-state index in [1.807, 2.05) is 69.3 Å². The average molecular weight is 460 g/mol. The van der Waals surface area contributed by atoms with Crippen LogP contribution in [0.3, 0.4) is 0 Å². The van der Waals surface area contributed by atoms with Gasteiger partial charge in [0.2, 0.25) is 5.91 Å². The Labute approximate surface area is 201 Å².